The van der Waals surface area contributed by atoms with Crippen molar-refractivity contribution in [3.05, 3.63) is 58.1 Å². The summed E-state index contributed by atoms with van der Waals surface area (Å²) in [6.07, 6.45) is 3.29. The van der Waals surface area contributed by atoms with Gasteiger partial charge in [-0.25, -0.2) is 0 Å². The number of unbranched alkanes of at least 4 members (excludes halogenated alkanes) is 1. The third kappa shape index (κ3) is 5.79. The lowest BCUT2D eigenvalue weighted by molar-refractivity contribution is -0.384. The van der Waals surface area contributed by atoms with Crippen LogP contribution >= 0.6 is 11.8 Å². The molecule has 162 valence electrons. The Morgan fingerprint density at radius 1 is 1.26 bits per heavy atom. The van der Waals surface area contributed by atoms with Gasteiger partial charge in [-0.15, -0.1) is 5.10 Å². The highest BCUT2D eigenvalue weighted by atomic mass is 32.2. The van der Waals surface area contributed by atoms with Gasteiger partial charge in [-0.1, -0.05) is 37.2 Å². The number of aromatic nitrogens is 4. The fourth-order valence-corrected chi connectivity index (χ4v) is 3.52. The van der Waals surface area contributed by atoms with Gasteiger partial charge in [-0.05, 0) is 53.1 Å². The Morgan fingerprint density at radius 2 is 2.03 bits per heavy atom. The van der Waals surface area contributed by atoms with Crippen LogP contribution in [-0.4, -0.2) is 43.9 Å². The van der Waals surface area contributed by atoms with Crippen LogP contribution in [0, 0.1) is 10.1 Å². The molecule has 0 aliphatic rings. The summed E-state index contributed by atoms with van der Waals surface area (Å²) >= 11 is 1.14. The van der Waals surface area contributed by atoms with Crippen molar-refractivity contribution in [3.8, 4) is 11.4 Å². The third-order valence-corrected chi connectivity index (χ3v) is 5.37. The first-order chi connectivity index (χ1) is 15.0. The minimum atomic E-state index is -0.573. The van der Waals surface area contributed by atoms with E-state index in [9.17, 15) is 14.9 Å². The number of thioether (sulfide) groups is 1. The van der Waals surface area contributed by atoms with Crippen LogP contribution in [0.15, 0.2) is 47.6 Å². The van der Waals surface area contributed by atoms with E-state index in [0.29, 0.717) is 10.9 Å². The SMILES string of the molecule is CCCCc1ccc(-n2nnnc2SCC(=O)Nc2ccc(OC)cc2[N+](=O)[O-])cc1. The molecule has 0 fully saturated rings. The van der Waals surface area contributed by atoms with E-state index in [1.807, 2.05) is 24.3 Å². The molecule has 0 aliphatic heterocycles. The topological polar surface area (TPSA) is 125 Å². The number of amides is 1. The maximum absolute atomic E-state index is 12.4. The monoisotopic (exact) mass is 442 g/mol. The number of rotatable bonds is 10. The Balaban J connectivity index is 1.65. The van der Waals surface area contributed by atoms with Crippen LogP contribution in [-0.2, 0) is 11.2 Å². The second-order valence-electron chi connectivity index (χ2n) is 6.62. The molecular formula is C20H22N6O4S. The molecule has 0 saturated carbocycles. The van der Waals surface area contributed by atoms with Crippen LogP contribution < -0.4 is 10.1 Å². The van der Waals surface area contributed by atoms with Crippen molar-refractivity contribution in [2.45, 2.75) is 31.3 Å². The van der Waals surface area contributed by atoms with Gasteiger partial charge in [0.05, 0.1) is 29.5 Å². The number of hydrogen-bond donors (Lipinski definition) is 1. The summed E-state index contributed by atoms with van der Waals surface area (Å²) in [5, 5.41) is 25.9. The lowest BCUT2D eigenvalue weighted by Crippen LogP contribution is -2.15. The quantitative estimate of drug-likeness (QED) is 0.286. The van der Waals surface area contributed by atoms with Crippen molar-refractivity contribution in [1.82, 2.24) is 20.2 Å². The van der Waals surface area contributed by atoms with Crippen LogP contribution in [0.5, 0.6) is 5.75 Å². The molecule has 0 bridgehead atoms. The van der Waals surface area contributed by atoms with E-state index in [2.05, 4.69) is 27.8 Å². The Hall–Kier alpha value is -3.47. The van der Waals surface area contributed by atoms with Crippen molar-refractivity contribution in [2.24, 2.45) is 0 Å². The molecule has 1 aromatic heterocycles. The fraction of sp³-hybridized carbons (Fsp3) is 0.300. The maximum atomic E-state index is 12.4. The highest BCUT2D eigenvalue weighted by Crippen LogP contribution is 2.29. The maximum Gasteiger partial charge on any atom is 0.296 e. The molecule has 0 aliphatic carbocycles. The number of nitro benzene ring substituents is 1. The Labute approximate surface area is 183 Å². The molecule has 11 heteroatoms. The molecule has 3 aromatic rings. The molecule has 1 amide bonds. The number of nitro groups is 1. The molecule has 0 unspecified atom stereocenters. The van der Waals surface area contributed by atoms with Crippen LogP contribution in [0.2, 0.25) is 0 Å². The van der Waals surface area contributed by atoms with Gasteiger partial charge >= 0.3 is 0 Å². The van der Waals surface area contributed by atoms with Gasteiger partial charge in [0.1, 0.15) is 11.4 Å². The van der Waals surface area contributed by atoms with E-state index in [1.54, 1.807) is 10.7 Å². The minimum Gasteiger partial charge on any atom is -0.496 e. The van der Waals surface area contributed by atoms with Gasteiger partial charge in [-0.2, -0.15) is 4.68 Å². The van der Waals surface area contributed by atoms with Crippen molar-refractivity contribution in [2.75, 3.05) is 18.2 Å². The van der Waals surface area contributed by atoms with Gasteiger partial charge in [0.25, 0.3) is 5.69 Å². The molecule has 10 nitrogen and oxygen atoms in total. The van der Waals surface area contributed by atoms with Crippen molar-refractivity contribution >= 4 is 29.0 Å². The zero-order chi connectivity index (χ0) is 22.2. The number of benzene rings is 2. The van der Waals surface area contributed by atoms with Gasteiger partial charge in [0, 0.05) is 0 Å². The molecule has 0 spiro atoms. The summed E-state index contributed by atoms with van der Waals surface area (Å²) in [4.78, 5) is 23.1. The predicted octanol–water partition coefficient (Wildman–Crippen LogP) is 3.65. The summed E-state index contributed by atoms with van der Waals surface area (Å²) in [7, 11) is 1.41. The summed E-state index contributed by atoms with van der Waals surface area (Å²) in [5.74, 6) is -0.0975. The van der Waals surface area contributed by atoms with Crippen molar-refractivity contribution in [3.63, 3.8) is 0 Å². The second-order valence-corrected chi connectivity index (χ2v) is 7.56. The molecular weight excluding hydrogens is 420 g/mol. The number of carbonyl (C=O) groups excluding carboxylic acids is 1. The zero-order valence-electron chi connectivity index (χ0n) is 17.1. The summed E-state index contributed by atoms with van der Waals surface area (Å²) < 4.78 is 6.55. The summed E-state index contributed by atoms with van der Waals surface area (Å²) in [6, 6.07) is 12.2. The van der Waals surface area contributed by atoms with Crippen LogP contribution in [0.1, 0.15) is 25.3 Å². The lowest BCUT2D eigenvalue weighted by Gasteiger charge is -2.08. The number of nitrogens with zero attached hydrogens (tertiary/aromatic N) is 5. The Kier molecular flexibility index (Phi) is 7.55. The molecule has 31 heavy (non-hydrogen) atoms. The standard InChI is InChI=1S/C20H22N6O4S/c1-3-4-5-14-6-8-15(9-7-14)25-20(22-23-24-25)31-13-19(27)21-17-11-10-16(30-2)12-18(17)26(28)29/h6-12H,3-5,13H2,1-2H3,(H,21,27). The first-order valence-electron chi connectivity index (χ1n) is 9.64. The smallest absolute Gasteiger partial charge is 0.296 e. The van der Waals surface area contributed by atoms with Gasteiger partial charge in [0.2, 0.25) is 11.1 Å². The largest absolute Gasteiger partial charge is 0.496 e. The number of hydrogen-bond acceptors (Lipinski definition) is 8. The molecule has 1 N–H and O–H groups in total. The van der Waals surface area contributed by atoms with E-state index >= 15 is 0 Å². The number of nitrogens with one attached hydrogen (secondary N) is 1. The summed E-state index contributed by atoms with van der Waals surface area (Å²) in [6.45, 7) is 2.15. The number of aryl methyl sites for hydroxylation is 1. The van der Waals surface area contributed by atoms with Gasteiger partial charge < -0.3 is 10.1 Å². The number of ether oxygens (including phenoxy) is 1. The molecule has 0 atom stereocenters. The highest BCUT2D eigenvalue weighted by Gasteiger charge is 2.18. The summed E-state index contributed by atoms with van der Waals surface area (Å²) in [5.41, 5.74) is 1.89. The van der Waals surface area contributed by atoms with E-state index < -0.39 is 10.8 Å². The number of tetrazole rings is 1. The normalized spacial score (nSPS) is 10.6. The van der Waals surface area contributed by atoms with Crippen molar-refractivity contribution in [1.29, 1.82) is 0 Å². The number of methoxy groups -OCH3 is 1. The fourth-order valence-electron chi connectivity index (χ4n) is 2.83. The van der Waals surface area contributed by atoms with Crippen LogP contribution in [0.25, 0.3) is 5.69 Å². The van der Waals surface area contributed by atoms with E-state index in [-0.39, 0.29) is 17.1 Å². The van der Waals surface area contributed by atoms with E-state index in [0.717, 1.165) is 36.7 Å². The minimum absolute atomic E-state index is 0.0157. The van der Waals surface area contributed by atoms with Crippen molar-refractivity contribution < 1.29 is 14.5 Å². The average molecular weight is 443 g/mol. The third-order valence-electron chi connectivity index (χ3n) is 4.45. The number of carbonyl (C=O) groups is 1. The predicted molar refractivity (Wildman–Crippen MR) is 117 cm³/mol. The van der Waals surface area contributed by atoms with Crippen LogP contribution in [0.3, 0.4) is 0 Å². The number of anilines is 1. The van der Waals surface area contributed by atoms with Gasteiger partial charge in [-0.3, -0.25) is 14.9 Å². The Morgan fingerprint density at radius 3 is 2.71 bits per heavy atom. The lowest BCUT2D eigenvalue weighted by atomic mass is 10.1. The molecule has 0 radical (unpaired) electrons. The van der Waals surface area contributed by atoms with Crippen LogP contribution in [0.4, 0.5) is 11.4 Å². The highest BCUT2D eigenvalue weighted by molar-refractivity contribution is 7.99. The average Bonchev–Trinajstić information content (AvgIpc) is 3.25. The molecule has 2 aromatic carbocycles. The zero-order valence-corrected chi connectivity index (χ0v) is 18.0. The Bertz CT molecular complexity index is 1050. The molecule has 3 rings (SSSR count). The second kappa shape index (κ2) is 10.5. The first kappa shape index (κ1) is 22.2. The van der Waals surface area contributed by atoms with Gasteiger partial charge in [0.15, 0.2) is 0 Å². The van der Waals surface area contributed by atoms with E-state index in [4.69, 9.17) is 4.74 Å². The molecule has 0 saturated heterocycles. The van der Waals surface area contributed by atoms with E-state index in [1.165, 1.54) is 24.8 Å². The first-order valence-corrected chi connectivity index (χ1v) is 10.6. The molecule has 1 heterocycles.